The van der Waals surface area contributed by atoms with Gasteiger partial charge in [-0.2, -0.15) is 0 Å². The number of halogens is 1. The molecule has 0 saturated heterocycles. The van der Waals surface area contributed by atoms with E-state index in [1.54, 1.807) is 4.57 Å². The second-order valence-electron chi connectivity index (χ2n) is 6.85. The van der Waals surface area contributed by atoms with Crippen LogP contribution in [0, 0.1) is 0 Å². The quantitative estimate of drug-likeness (QED) is 0.796. The van der Waals surface area contributed by atoms with Crippen LogP contribution in [0.15, 0.2) is 24.3 Å². The van der Waals surface area contributed by atoms with E-state index in [1.165, 1.54) is 12.8 Å². The lowest BCUT2D eigenvalue weighted by Gasteiger charge is -2.32. The SMILES string of the molecule is CN1c2nc3ccccc3n2C(=O)N(C2CCCC2)CC1CCCl. The van der Waals surface area contributed by atoms with Gasteiger partial charge in [-0.1, -0.05) is 25.0 Å². The van der Waals surface area contributed by atoms with Crippen LogP contribution in [-0.4, -0.2) is 52.0 Å². The number of fused-ring (bicyclic) bond motifs is 3. The monoisotopic (exact) mass is 346 g/mol. The van der Waals surface area contributed by atoms with Gasteiger partial charge in [0.15, 0.2) is 0 Å². The molecule has 1 aliphatic carbocycles. The third kappa shape index (κ3) is 2.46. The summed E-state index contributed by atoms with van der Waals surface area (Å²) in [5.74, 6) is 1.32. The van der Waals surface area contributed by atoms with Gasteiger partial charge in [0.25, 0.3) is 0 Å². The van der Waals surface area contributed by atoms with Gasteiger partial charge in [-0.05, 0) is 31.4 Å². The van der Waals surface area contributed by atoms with Crippen molar-refractivity contribution >= 4 is 34.6 Å². The molecule has 1 aromatic heterocycles. The summed E-state index contributed by atoms with van der Waals surface area (Å²) in [5.41, 5.74) is 1.75. The number of benzene rings is 1. The Morgan fingerprint density at radius 1 is 1.25 bits per heavy atom. The van der Waals surface area contributed by atoms with E-state index in [-0.39, 0.29) is 12.1 Å². The number of nitrogens with zero attached hydrogens (tertiary/aromatic N) is 4. The predicted octanol–water partition coefficient (Wildman–Crippen LogP) is 3.70. The first-order chi connectivity index (χ1) is 11.7. The van der Waals surface area contributed by atoms with Gasteiger partial charge in [-0.25, -0.2) is 14.3 Å². The lowest BCUT2D eigenvalue weighted by Crippen LogP contribution is -2.46. The van der Waals surface area contributed by atoms with Crippen LogP contribution in [-0.2, 0) is 0 Å². The maximum absolute atomic E-state index is 13.4. The fourth-order valence-electron chi connectivity index (χ4n) is 4.09. The average molecular weight is 347 g/mol. The number of carbonyl (C=O) groups is 1. The van der Waals surface area contributed by atoms with Crippen LogP contribution in [0.3, 0.4) is 0 Å². The lowest BCUT2D eigenvalue weighted by molar-refractivity contribution is 0.176. The average Bonchev–Trinajstić information content (AvgIpc) is 3.22. The van der Waals surface area contributed by atoms with Crippen LogP contribution in [0.4, 0.5) is 10.7 Å². The van der Waals surface area contributed by atoms with Crippen LogP contribution in [0.2, 0.25) is 0 Å². The highest BCUT2D eigenvalue weighted by molar-refractivity contribution is 6.17. The zero-order valence-corrected chi connectivity index (χ0v) is 14.7. The molecule has 1 atom stereocenters. The molecule has 0 N–H and O–H groups in total. The van der Waals surface area contributed by atoms with Crippen molar-refractivity contribution in [2.45, 2.75) is 44.2 Å². The van der Waals surface area contributed by atoms with E-state index in [0.29, 0.717) is 11.9 Å². The fourth-order valence-corrected chi connectivity index (χ4v) is 4.34. The highest BCUT2D eigenvalue weighted by Crippen LogP contribution is 2.32. The Morgan fingerprint density at radius 3 is 2.75 bits per heavy atom. The molecule has 4 rings (SSSR count). The summed E-state index contributed by atoms with van der Waals surface area (Å²) in [4.78, 5) is 22.3. The van der Waals surface area contributed by atoms with Crippen molar-refractivity contribution in [2.75, 3.05) is 24.4 Å². The summed E-state index contributed by atoms with van der Waals surface area (Å²) >= 11 is 6.05. The van der Waals surface area contributed by atoms with E-state index in [9.17, 15) is 4.79 Å². The third-order valence-corrected chi connectivity index (χ3v) is 5.68. The van der Waals surface area contributed by atoms with Gasteiger partial charge in [0.2, 0.25) is 5.95 Å². The van der Waals surface area contributed by atoms with Gasteiger partial charge >= 0.3 is 6.03 Å². The molecular formula is C18H23ClN4O. The second kappa shape index (κ2) is 6.28. The summed E-state index contributed by atoms with van der Waals surface area (Å²) < 4.78 is 1.79. The molecule has 0 radical (unpaired) electrons. The molecule has 2 aliphatic rings. The highest BCUT2D eigenvalue weighted by atomic mass is 35.5. The molecule has 5 nitrogen and oxygen atoms in total. The van der Waals surface area contributed by atoms with E-state index in [4.69, 9.17) is 16.6 Å². The first kappa shape index (κ1) is 15.8. The third-order valence-electron chi connectivity index (χ3n) is 5.46. The summed E-state index contributed by atoms with van der Waals surface area (Å²) in [5, 5.41) is 0. The number of para-hydroxylation sites is 2. The smallest absolute Gasteiger partial charge is 0.331 e. The molecule has 0 spiro atoms. The number of alkyl halides is 1. The van der Waals surface area contributed by atoms with Gasteiger partial charge in [-0.15, -0.1) is 11.6 Å². The summed E-state index contributed by atoms with van der Waals surface area (Å²) in [6.45, 7) is 0.727. The first-order valence-electron chi connectivity index (χ1n) is 8.78. The molecule has 1 aliphatic heterocycles. The van der Waals surface area contributed by atoms with E-state index in [2.05, 4.69) is 9.80 Å². The summed E-state index contributed by atoms with van der Waals surface area (Å²) in [7, 11) is 2.03. The van der Waals surface area contributed by atoms with E-state index in [0.717, 1.165) is 42.8 Å². The molecule has 1 saturated carbocycles. The van der Waals surface area contributed by atoms with Crippen molar-refractivity contribution in [3.8, 4) is 0 Å². The van der Waals surface area contributed by atoms with Gasteiger partial charge in [0.05, 0.1) is 17.1 Å². The predicted molar refractivity (Wildman–Crippen MR) is 97.0 cm³/mol. The minimum atomic E-state index is 0.0644. The normalized spacial score (nSPS) is 22.2. The van der Waals surface area contributed by atoms with Crippen molar-refractivity contribution in [1.29, 1.82) is 0 Å². The second-order valence-corrected chi connectivity index (χ2v) is 7.23. The Kier molecular flexibility index (Phi) is 4.12. The highest BCUT2D eigenvalue weighted by Gasteiger charge is 2.37. The molecule has 24 heavy (non-hydrogen) atoms. The summed E-state index contributed by atoms with van der Waals surface area (Å²) in [6.07, 6.45) is 5.47. The molecule has 2 aromatic rings. The number of hydrogen-bond donors (Lipinski definition) is 0. The number of carbonyl (C=O) groups excluding carboxylic acids is 1. The van der Waals surface area contributed by atoms with Crippen molar-refractivity contribution < 1.29 is 4.79 Å². The van der Waals surface area contributed by atoms with Crippen LogP contribution >= 0.6 is 11.6 Å². The Bertz CT molecular complexity index is 753. The molecule has 1 fully saturated rings. The van der Waals surface area contributed by atoms with E-state index in [1.807, 2.05) is 31.3 Å². The van der Waals surface area contributed by atoms with Crippen LogP contribution in [0.1, 0.15) is 32.1 Å². The number of aromatic nitrogens is 2. The standard InChI is InChI=1S/C18H23ClN4O/c1-21-14(10-11-19)12-22(13-6-2-3-7-13)18(24)23-16-9-5-4-8-15(16)20-17(21)23/h4-5,8-9,13-14H,2-3,6-7,10-12H2,1H3. The number of likely N-dealkylation sites (N-methyl/N-ethyl adjacent to an activating group) is 1. The number of rotatable bonds is 3. The van der Waals surface area contributed by atoms with Gasteiger partial charge < -0.3 is 9.80 Å². The molecule has 2 heterocycles. The van der Waals surface area contributed by atoms with Gasteiger partial charge in [0.1, 0.15) is 0 Å². The summed E-state index contributed by atoms with van der Waals surface area (Å²) in [6, 6.07) is 8.48. The van der Waals surface area contributed by atoms with E-state index >= 15 is 0 Å². The topological polar surface area (TPSA) is 41.4 Å². The number of imidazole rings is 1. The molecule has 1 amide bonds. The van der Waals surface area contributed by atoms with E-state index < -0.39 is 0 Å². The zero-order chi connectivity index (χ0) is 16.7. The Morgan fingerprint density at radius 2 is 2.00 bits per heavy atom. The molecule has 6 heteroatoms. The van der Waals surface area contributed by atoms with Gasteiger partial charge in [0, 0.05) is 25.5 Å². The minimum Gasteiger partial charge on any atom is -0.340 e. The van der Waals surface area contributed by atoms with Crippen molar-refractivity contribution in [2.24, 2.45) is 0 Å². The van der Waals surface area contributed by atoms with Crippen LogP contribution < -0.4 is 4.90 Å². The maximum Gasteiger partial charge on any atom is 0.331 e. The van der Waals surface area contributed by atoms with Crippen molar-refractivity contribution in [1.82, 2.24) is 14.5 Å². The molecule has 1 aromatic carbocycles. The fraction of sp³-hybridized carbons (Fsp3) is 0.556. The van der Waals surface area contributed by atoms with Crippen LogP contribution in [0.5, 0.6) is 0 Å². The largest absolute Gasteiger partial charge is 0.340 e. The Balaban J connectivity index is 1.85. The number of amides is 1. The lowest BCUT2D eigenvalue weighted by atomic mass is 10.1. The number of anilines is 1. The zero-order valence-electron chi connectivity index (χ0n) is 14.0. The van der Waals surface area contributed by atoms with Crippen molar-refractivity contribution in [3.63, 3.8) is 0 Å². The molecular weight excluding hydrogens is 324 g/mol. The minimum absolute atomic E-state index is 0.0644. The number of hydrogen-bond acceptors (Lipinski definition) is 3. The molecule has 1 unspecified atom stereocenters. The van der Waals surface area contributed by atoms with Crippen LogP contribution in [0.25, 0.3) is 11.0 Å². The Hall–Kier alpha value is -1.75. The van der Waals surface area contributed by atoms with Crippen molar-refractivity contribution in [3.05, 3.63) is 24.3 Å². The van der Waals surface area contributed by atoms with Gasteiger partial charge in [-0.3, -0.25) is 0 Å². The Labute approximate surface area is 147 Å². The maximum atomic E-state index is 13.4. The molecule has 0 bridgehead atoms. The molecule has 128 valence electrons. The first-order valence-corrected chi connectivity index (χ1v) is 9.31.